The Labute approximate surface area is 108 Å². The van der Waals surface area contributed by atoms with Crippen molar-refractivity contribution >= 4 is 37.8 Å². The van der Waals surface area contributed by atoms with Crippen LogP contribution in [-0.2, 0) is 4.79 Å². The van der Waals surface area contributed by atoms with Gasteiger partial charge in [0.15, 0.2) is 0 Å². The third-order valence-corrected chi connectivity index (χ3v) is 3.87. The van der Waals surface area contributed by atoms with Crippen molar-refractivity contribution in [2.75, 3.05) is 6.61 Å². The second-order valence-electron chi connectivity index (χ2n) is 3.95. The van der Waals surface area contributed by atoms with Crippen LogP contribution in [0, 0.1) is 11.8 Å². The first-order valence-electron chi connectivity index (χ1n) is 5.00. The fourth-order valence-corrected chi connectivity index (χ4v) is 2.81. The predicted octanol–water partition coefficient (Wildman–Crippen LogP) is 2.64. The van der Waals surface area contributed by atoms with E-state index >= 15 is 0 Å². The number of carbonyl (C=O) groups is 1. The summed E-state index contributed by atoms with van der Waals surface area (Å²) in [5, 5.41) is 18.0. The zero-order valence-electron chi connectivity index (χ0n) is 8.99. The molecular weight excluding hydrogens is 328 g/mol. The average Bonchev–Trinajstić information content (AvgIpc) is 2.13. The number of hydrogen-bond donors (Lipinski definition) is 2. The Morgan fingerprint density at radius 1 is 1.27 bits per heavy atom. The maximum Gasteiger partial charge on any atom is 0.306 e. The van der Waals surface area contributed by atoms with E-state index in [4.69, 9.17) is 5.11 Å². The minimum Gasteiger partial charge on any atom is -0.481 e. The maximum atomic E-state index is 10.7. The lowest BCUT2D eigenvalue weighted by atomic mass is 9.94. The van der Waals surface area contributed by atoms with Crippen LogP contribution in [0.1, 0.15) is 26.7 Å². The van der Waals surface area contributed by atoms with Gasteiger partial charge >= 0.3 is 5.97 Å². The molecule has 0 heterocycles. The van der Waals surface area contributed by atoms with E-state index in [-0.39, 0.29) is 23.3 Å². The van der Waals surface area contributed by atoms with Crippen molar-refractivity contribution in [3.8, 4) is 0 Å². The van der Waals surface area contributed by atoms with E-state index in [9.17, 15) is 9.90 Å². The molecule has 0 saturated carbocycles. The number of carboxylic acids is 1. The molecule has 4 unspecified atom stereocenters. The van der Waals surface area contributed by atoms with Crippen molar-refractivity contribution in [2.45, 2.75) is 36.3 Å². The van der Waals surface area contributed by atoms with E-state index in [0.29, 0.717) is 11.2 Å². The molecule has 0 fully saturated rings. The molecular formula is C10H18Br2O3. The molecule has 0 radical (unpaired) electrons. The summed E-state index contributed by atoms with van der Waals surface area (Å²) in [6.45, 7) is 3.78. The second-order valence-corrected chi connectivity index (χ2v) is 6.69. The number of aliphatic carboxylic acids is 1. The van der Waals surface area contributed by atoms with Gasteiger partial charge in [-0.2, -0.15) is 0 Å². The molecule has 0 aliphatic carbocycles. The van der Waals surface area contributed by atoms with E-state index in [1.54, 1.807) is 6.92 Å². The fraction of sp³-hybridized carbons (Fsp3) is 0.900. The van der Waals surface area contributed by atoms with E-state index in [1.165, 1.54) is 0 Å². The van der Waals surface area contributed by atoms with E-state index < -0.39 is 5.97 Å². The molecule has 0 aliphatic rings. The summed E-state index contributed by atoms with van der Waals surface area (Å²) in [6, 6.07) is 0. The van der Waals surface area contributed by atoms with Crippen molar-refractivity contribution < 1.29 is 15.0 Å². The molecule has 0 aromatic heterocycles. The summed E-state index contributed by atoms with van der Waals surface area (Å²) >= 11 is 6.89. The van der Waals surface area contributed by atoms with Crippen molar-refractivity contribution in [3.63, 3.8) is 0 Å². The van der Waals surface area contributed by atoms with Crippen LogP contribution in [0.25, 0.3) is 0 Å². The Bertz CT molecular complexity index is 197. The molecule has 3 nitrogen and oxygen atoms in total. The third kappa shape index (κ3) is 6.53. The van der Waals surface area contributed by atoms with Gasteiger partial charge in [0, 0.05) is 16.3 Å². The van der Waals surface area contributed by atoms with Crippen LogP contribution in [-0.4, -0.2) is 32.4 Å². The topological polar surface area (TPSA) is 57.5 Å². The Hall–Kier alpha value is 0.390. The molecule has 0 aromatic rings. The highest BCUT2D eigenvalue weighted by Crippen LogP contribution is 2.26. The second kappa shape index (κ2) is 7.63. The molecule has 90 valence electrons. The Morgan fingerprint density at radius 3 is 2.13 bits per heavy atom. The van der Waals surface area contributed by atoms with Gasteiger partial charge in [-0.25, -0.2) is 0 Å². The molecule has 0 aliphatic heterocycles. The third-order valence-electron chi connectivity index (χ3n) is 2.37. The quantitative estimate of drug-likeness (QED) is 0.697. The molecule has 15 heavy (non-hydrogen) atoms. The highest BCUT2D eigenvalue weighted by atomic mass is 79.9. The summed E-state index contributed by atoms with van der Waals surface area (Å²) < 4.78 is 0. The first-order chi connectivity index (χ1) is 6.88. The van der Waals surface area contributed by atoms with Gasteiger partial charge < -0.3 is 10.2 Å². The minimum absolute atomic E-state index is 0.0496. The van der Waals surface area contributed by atoms with Crippen molar-refractivity contribution in [1.82, 2.24) is 0 Å². The first kappa shape index (κ1) is 15.4. The molecule has 0 saturated heterocycles. The number of aliphatic hydroxyl groups excluding tert-OH is 1. The van der Waals surface area contributed by atoms with E-state index in [0.717, 1.165) is 6.42 Å². The van der Waals surface area contributed by atoms with Crippen LogP contribution in [0.3, 0.4) is 0 Å². The number of carboxylic acid groups (broad SMARTS) is 1. The van der Waals surface area contributed by atoms with Gasteiger partial charge in [0.2, 0.25) is 0 Å². The SMILES string of the molecule is CC(Br)CC(CO)C(Br)CC(C)C(=O)O. The standard InChI is InChI=1S/C10H18Br2O3/c1-6(10(14)15)3-9(12)8(5-13)4-7(2)11/h6-9,13H,3-5H2,1-2H3,(H,14,15). The van der Waals surface area contributed by atoms with Gasteiger partial charge in [-0.1, -0.05) is 45.7 Å². The molecule has 0 rings (SSSR count). The Kier molecular flexibility index (Phi) is 7.83. The number of aliphatic hydroxyl groups is 1. The van der Waals surface area contributed by atoms with E-state index in [2.05, 4.69) is 31.9 Å². The van der Waals surface area contributed by atoms with Gasteiger partial charge in [0.05, 0.1) is 5.92 Å². The zero-order chi connectivity index (χ0) is 12.0. The molecule has 5 heteroatoms. The fourth-order valence-electron chi connectivity index (χ4n) is 1.38. The van der Waals surface area contributed by atoms with Gasteiger partial charge in [-0.3, -0.25) is 4.79 Å². The number of alkyl halides is 2. The van der Waals surface area contributed by atoms with Crippen molar-refractivity contribution in [2.24, 2.45) is 11.8 Å². The summed E-state index contributed by atoms with van der Waals surface area (Å²) in [5.74, 6) is -1.07. The van der Waals surface area contributed by atoms with Crippen LogP contribution in [0.15, 0.2) is 0 Å². The van der Waals surface area contributed by atoms with Crippen LogP contribution in [0.2, 0.25) is 0 Å². The highest BCUT2D eigenvalue weighted by Gasteiger charge is 2.24. The molecule has 0 amide bonds. The number of rotatable bonds is 7. The lowest BCUT2D eigenvalue weighted by molar-refractivity contribution is -0.141. The monoisotopic (exact) mass is 344 g/mol. The summed E-state index contributed by atoms with van der Waals surface area (Å²) in [6.07, 6.45) is 1.37. The highest BCUT2D eigenvalue weighted by molar-refractivity contribution is 9.09. The molecule has 2 N–H and O–H groups in total. The molecule has 0 aromatic carbocycles. The van der Waals surface area contributed by atoms with Gasteiger partial charge in [-0.05, 0) is 18.8 Å². The number of halogens is 2. The van der Waals surface area contributed by atoms with Gasteiger partial charge in [-0.15, -0.1) is 0 Å². The molecule has 0 spiro atoms. The van der Waals surface area contributed by atoms with Crippen LogP contribution >= 0.6 is 31.9 Å². The summed E-state index contributed by atoms with van der Waals surface area (Å²) in [4.78, 5) is 11.1. The van der Waals surface area contributed by atoms with Gasteiger partial charge in [0.1, 0.15) is 0 Å². The van der Waals surface area contributed by atoms with Crippen LogP contribution in [0.4, 0.5) is 0 Å². The Balaban J connectivity index is 4.14. The average molecular weight is 346 g/mol. The normalized spacial score (nSPS) is 19.3. The summed E-state index contributed by atoms with van der Waals surface area (Å²) in [5.41, 5.74) is 0. The zero-order valence-corrected chi connectivity index (χ0v) is 12.2. The lowest BCUT2D eigenvalue weighted by Gasteiger charge is -2.23. The summed E-state index contributed by atoms with van der Waals surface area (Å²) in [7, 11) is 0. The predicted molar refractivity (Wildman–Crippen MR) is 67.7 cm³/mol. The maximum absolute atomic E-state index is 10.7. The number of hydrogen-bond acceptors (Lipinski definition) is 2. The largest absolute Gasteiger partial charge is 0.481 e. The molecule has 0 bridgehead atoms. The van der Waals surface area contributed by atoms with Gasteiger partial charge in [0.25, 0.3) is 0 Å². The van der Waals surface area contributed by atoms with Crippen LogP contribution in [0.5, 0.6) is 0 Å². The van der Waals surface area contributed by atoms with Crippen molar-refractivity contribution in [1.29, 1.82) is 0 Å². The Morgan fingerprint density at radius 2 is 1.80 bits per heavy atom. The molecule has 4 atom stereocenters. The van der Waals surface area contributed by atoms with E-state index in [1.807, 2.05) is 6.92 Å². The van der Waals surface area contributed by atoms with Crippen LogP contribution < -0.4 is 0 Å². The smallest absolute Gasteiger partial charge is 0.306 e. The lowest BCUT2D eigenvalue weighted by Crippen LogP contribution is -2.25. The minimum atomic E-state index is -0.789. The van der Waals surface area contributed by atoms with Crippen molar-refractivity contribution in [3.05, 3.63) is 0 Å². The first-order valence-corrected chi connectivity index (χ1v) is 6.83.